The van der Waals surface area contributed by atoms with Crippen LogP contribution in [0.2, 0.25) is 0 Å². The predicted octanol–water partition coefficient (Wildman–Crippen LogP) is 0.230. The van der Waals surface area contributed by atoms with Crippen LogP contribution in [0.15, 0.2) is 0 Å². The van der Waals surface area contributed by atoms with Crippen molar-refractivity contribution >= 4 is 30.3 Å². The average molecular weight is 246 g/mol. The quantitative estimate of drug-likeness (QED) is 0.664. The van der Waals surface area contributed by atoms with E-state index in [0.29, 0.717) is 0 Å². The van der Waals surface area contributed by atoms with E-state index in [0.717, 1.165) is 6.92 Å². The Balaban J connectivity index is 0. The molecule has 0 saturated heterocycles. The minimum absolute atomic E-state index is 0.833. The van der Waals surface area contributed by atoms with E-state index in [2.05, 4.69) is 0 Å². The van der Waals surface area contributed by atoms with Gasteiger partial charge in [-0.15, -0.1) is 0 Å². The monoisotopic (exact) mass is 246 g/mol. The Hall–Kier alpha value is 0.130. The number of rotatable bonds is 0. The molecule has 0 heterocycles. The fourth-order valence-electron chi connectivity index (χ4n) is 0. The third kappa shape index (κ3) is 18000. The van der Waals surface area contributed by atoms with Crippen LogP contribution in [-0.2, 0) is 4.79 Å². The van der Waals surface area contributed by atoms with E-state index in [1.54, 1.807) is 0 Å². The summed E-state index contributed by atoms with van der Waals surface area (Å²) in [7, 11) is 0. The molecular weight excluding hydrogens is 240 g/mol. The fraction of sp³-hybridized carbons (Fsp3) is 0.667. The van der Waals surface area contributed by atoms with Crippen molar-refractivity contribution in [1.82, 2.24) is 0 Å². The summed E-state index contributed by atoms with van der Waals surface area (Å²) in [5, 5.41) is 7.42. The van der Waals surface area contributed by atoms with Crippen molar-refractivity contribution < 1.29 is 23.1 Å². The molecule has 6 heteroatoms. The molecule has 1 N–H and O–H groups in total. The van der Waals surface area contributed by atoms with E-state index >= 15 is 0 Å². The molecule has 0 aromatic carbocycles. The van der Waals surface area contributed by atoms with Crippen LogP contribution in [0.1, 0.15) is 6.92 Å². The first-order chi connectivity index (χ1) is 3.73. The van der Waals surface area contributed by atoms with E-state index in [1.165, 1.54) is 0 Å². The molecule has 0 fully saturated rings. The molecule has 0 rings (SSSR count). The number of hydrogen-bond donors (Lipinski definition) is 1. The zero-order valence-corrected chi connectivity index (χ0v) is 10.7. The number of hydrogen-bond acceptors (Lipinski definition) is 1. The SMILES string of the molecule is CC(=O)O.F[C](F)(F)[InH2]. The minimum atomic E-state index is -3.79. The normalized spacial score (nSPS) is 9.33. The van der Waals surface area contributed by atoms with Gasteiger partial charge >= 0.3 is 41.5 Å². The van der Waals surface area contributed by atoms with Gasteiger partial charge in [0, 0.05) is 6.92 Å². The summed E-state index contributed by atoms with van der Waals surface area (Å²) < 4.78 is 27.6. The molecule has 0 unspecified atom stereocenters. The number of carboxylic acids is 1. The fourth-order valence-corrected chi connectivity index (χ4v) is 0. The average Bonchev–Trinajstić information content (AvgIpc) is 1.19. The number of aliphatic carboxylic acids is 1. The van der Waals surface area contributed by atoms with Crippen molar-refractivity contribution in [3.8, 4) is 0 Å². The number of alkyl halides is 3. The Labute approximate surface area is 64.6 Å². The molecule has 9 heavy (non-hydrogen) atoms. The summed E-state index contributed by atoms with van der Waals surface area (Å²) in [6.45, 7) is 1.08. The number of carboxylic acid groups (broad SMARTS) is 1. The Morgan fingerprint density at radius 2 is 1.56 bits per heavy atom. The number of halogens is 3. The van der Waals surface area contributed by atoms with E-state index in [4.69, 9.17) is 9.90 Å². The molecule has 54 valence electrons. The van der Waals surface area contributed by atoms with E-state index < -0.39 is 34.3 Å². The second-order valence-corrected chi connectivity index (χ2v) is 4.54. The maximum absolute atomic E-state index is 10.4. The van der Waals surface area contributed by atoms with Crippen LogP contribution in [0.3, 0.4) is 0 Å². The van der Waals surface area contributed by atoms with Gasteiger partial charge in [-0.05, 0) is 0 Å². The summed E-state index contributed by atoms with van der Waals surface area (Å²) in [6, 6.07) is 0. The number of carbonyl (C=O) groups is 1. The van der Waals surface area contributed by atoms with Gasteiger partial charge in [-0.1, -0.05) is 0 Å². The Morgan fingerprint density at radius 1 is 1.56 bits per heavy atom. The van der Waals surface area contributed by atoms with Crippen LogP contribution in [-0.4, -0.2) is 39.4 Å². The maximum atomic E-state index is 10.4. The molecule has 2 nitrogen and oxygen atoms in total. The third-order valence-electron chi connectivity index (χ3n) is 0. The molecule has 0 bridgehead atoms. The van der Waals surface area contributed by atoms with E-state index in [1.807, 2.05) is 0 Å². The molecule has 0 aliphatic carbocycles. The summed E-state index contributed by atoms with van der Waals surface area (Å²) in [5.41, 5.74) is 0. The Morgan fingerprint density at radius 3 is 1.56 bits per heavy atom. The molecule has 0 saturated carbocycles. The van der Waals surface area contributed by atoms with Crippen molar-refractivity contribution in [2.24, 2.45) is 0 Å². The van der Waals surface area contributed by atoms with Crippen LogP contribution in [0, 0.1) is 0 Å². The predicted molar refractivity (Wildman–Crippen MR) is 27.9 cm³/mol. The zero-order valence-electron chi connectivity index (χ0n) is 4.99. The first-order valence-corrected chi connectivity index (χ1v) is 4.85. The molecule has 0 aliphatic heterocycles. The molecule has 0 radical (unpaired) electrons. The van der Waals surface area contributed by atoms with Gasteiger partial charge < -0.3 is 5.11 Å². The van der Waals surface area contributed by atoms with Crippen LogP contribution in [0.25, 0.3) is 0 Å². The Kier molecular flexibility index (Phi) is 6.54. The van der Waals surface area contributed by atoms with Crippen molar-refractivity contribution in [2.75, 3.05) is 0 Å². The summed E-state index contributed by atoms with van der Waals surface area (Å²) in [4.78, 5) is 9.00. The van der Waals surface area contributed by atoms with Crippen molar-refractivity contribution in [1.29, 1.82) is 0 Å². The molecule has 0 spiro atoms. The zero-order chi connectivity index (χ0) is 8.08. The summed E-state index contributed by atoms with van der Waals surface area (Å²) in [5.74, 6) is -0.833. The second kappa shape index (κ2) is 4.96. The van der Waals surface area contributed by atoms with Gasteiger partial charge in [0.1, 0.15) is 0 Å². The van der Waals surface area contributed by atoms with Crippen LogP contribution >= 0.6 is 0 Å². The van der Waals surface area contributed by atoms with Gasteiger partial charge in [0.15, 0.2) is 0 Å². The first-order valence-electron chi connectivity index (χ1n) is 1.99. The Bertz CT molecular complexity index is 79.5. The summed E-state index contributed by atoms with van der Waals surface area (Å²) >= 11 is -1.14. The van der Waals surface area contributed by atoms with Crippen molar-refractivity contribution in [3.63, 3.8) is 0 Å². The molecular formula is C3H6F3InO2. The van der Waals surface area contributed by atoms with Gasteiger partial charge in [0.05, 0.1) is 0 Å². The van der Waals surface area contributed by atoms with Gasteiger partial charge in [-0.2, -0.15) is 0 Å². The van der Waals surface area contributed by atoms with Gasteiger partial charge in [0.25, 0.3) is 5.97 Å². The first kappa shape index (κ1) is 11.9. The topological polar surface area (TPSA) is 37.3 Å². The third-order valence-corrected chi connectivity index (χ3v) is 0. The summed E-state index contributed by atoms with van der Waals surface area (Å²) in [6.07, 6.45) is 0. The standard InChI is InChI=1S/C2H4O2.CF3.In.2H/c1-2(3)4;2-1(3)4;;;/h1H3,(H,3,4);;;;. The van der Waals surface area contributed by atoms with Gasteiger partial charge in [0.2, 0.25) is 0 Å². The van der Waals surface area contributed by atoms with Gasteiger partial charge in [-0.25, -0.2) is 0 Å². The van der Waals surface area contributed by atoms with Crippen molar-refractivity contribution in [3.05, 3.63) is 0 Å². The van der Waals surface area contributed by atoms with Crippen molar-refractivity contribution in [2.45, 2.75) is 10.9 Å². The molecule has 0 atom stereocenters. The van der Waals surface area contributed by atoms with Crippen LogP contribution in [0.5, 0.6) is 0 Å². The molecule has 0 aromatic rings. The molecule has 0 aromatic heterocycles. The second-order valence-electron chi connectivity index (χ2n) is 1.30. The van der Waals surface area contributed by atoms with Crippen LogP contribution < -0.4 is 0 Å². The van der Waals surface area contributed by atoms with E-state index in [9.17, 15) is 13.2 Å². The van der Waals surface area contributed by atoms with E-state index in [-0.39, 0.29) is 0 Å². The van der Waals surface area contributed by atoms with Crippen LogP contribution in [0.4, 0.5) is 13.2 Å². The molecule has 0 aliphatic rings. The van der Waals surface area contributed by atoms with Gasteiger partial charge in [-0.3, -0.25) is 4.79 Å². The molecule has 0 amide bonds.